The van der Waals surface area contributed by atoms with Crippen LogP contribution in [0.1, 0.15) is 57.4 Å². The molecule has 3 rings (SSSR count). The zero-order chi connectivity index (χ0) is 21.0. The van der Waals surface area contributed by atoms with Crippen molar-refractivity contribution in [2.24, 2.45) is 11.8 Å². The Morgan fingerprint density at radius 2 is 1.72 bits per heavy atom. The molecule has 0 radical (unpaired) electrons. The molecule has 29 heavy (non-hydrogen) atoms. The van der Waals surface area contributed by atoms with Gasteiger partial charge in [-0.15, -0.1) is 0 Å². The summed E-state index contributed by atoms with van der Waals surface area (Å²) >= 11 is 0. The molecule has 1 saturated carbocycles. The van der Waals surface area contributed by atoms with Crippen molar-refractivity contribution in [3.63, 3.8) is 0 Å². The summed E-state index contributed by atoms with van der Waals surface area (Å²) < 4.78 is 5.03. The van der Waals surface area contributed by atoms with E-state index in [4.69, 9.17) is 4.74 Å². The smallest absolute Gasteiger partial charge is 0.308 e. The molecule has 2 aliphatic rings. The summed E-state index contributed by atoms with van der Waals surface area (Å²) in [5.74, 6) is -1.57. The largest absolute Gasteiger partial charge is 0.456 e. The van der Waals surface area contributed by atoms with Crippen molar-refractivity contribution in [1.29, 1.82) is 0 Å². The highest BCUT2D eigenvalue weighted by Gasteiger charge is 2.47. The fraction of sp³-hybridized carbons (Fsp3) is 0.545. The number of nitrogens with zero attached hydrogens (tertiary/aromatic N) is 1. The number of carbonyl (C=O) groups excluding carboxylic acids is 4. The molecular formula is C22H28N2O5. The number of rotatable bonds is 7. The first-order valence-corrected chi connectivity index (χ1v) is 10.3. The fourth-order valence-electron chi connectivity index (χ4n) is 4.17. The average Bonchev–Trinajstić information content (AvgIpc) is 2.95. The molecule has 0 unspecified atom stereocenters. The molecule has 0 aromatic heterocycles. The minimum atomic E-state index is -0.604. The number of carbonyl (C=O) groups is 4. The third kappa shape index (κ3) is 4.83. The molecule has 1 heterocycles. The first-order valence-electron chi connectivity index (χ1n) is 10.3. The molecule has 1 saturated heterocycles. The first-order chi connectivity index (χ1) is 13.9. The monoisotopic (exact) mass is 400 g/mol. The van der Waals surface area contributed by atoms with Gasteiger partial charge in [-0.1, -0.05) is 44.9 Å². The Kier molecular flexibility index (Phi) is 6.67. The van der Waals surface area contributed by atoms with Gasteiger partial charge in [0.15, 0.2) is 6.61 Å². The van der Waals surface area contributed by atoms with E-state index in [2.05, 4.69) is 5.32 Å². The lowest BCUT2D eigenvalue weighted by molar-refractivity contribution is -0.148. The van der Waals surface area contributed by atoms with E-state index in [9.17, 15) is 19.2 Å². The summed E-state index contributed by atoms with van der Waals surface area (Å²) in [7, 11) is 0. The van der Waals surface area contributed by atoms with Crippen LogP contribution in [0, 0.1) is 11.8 Å². The van der Waals surface area contributed by atoms with Crippen molar-refractivity contribution < 1.29 is 23.9 Å². The number of anilines is 1. The molecule has 1 N–H and O–H groups in total. The molecule has 7 nitrogen and oxygen atoms in total. The predicted octanol–water partition coefficient (Wildman–Crippen LogP) is 2.86. The number of likely N-dealkylation sites (tertiary alicyclic amines) is 1. The predicted molar refractivity (Wildman–Crippen MR) is 107 cm³/mol. The van der Waals surface area contributed by atoms with Gasteiger partial charge in [-0.05, 0) is 30.4 Å². The zero-order valence-corrected chi connectivity index (χ0v) is 17.0. The van der Waals surface area contributed by atoms with Gasteiger partial charge < -0.3 is 10.1 Å². The van der Waals surface area contributed by atoms with Gasteiger partial charge in [0, 0.05) is 12.2 Å². The molecular weight excluding hydrogens is 372 g/mol. The summed E-state index contributed by atoms with van der Waals surface area (Å²) in [6, 6.07) is 7.48. The number of ether oxygens (including phenoxy) is 1. The number of hydrogen-bond donors (Lipinski definition) is 1. The van der Waals surface area contributed by atoms with Crippen LogP contribution in [-0.2, 0) is 23.9 Å². The fourth-order valence-corrected chi connectivity index (χ4v) is 4.17. The average molecular weight is 400 g/mol. The van der Waals surface area contributed by atoms with Crippen LogP contribution in [0.2, 0.25) is 0 Å². The van der Waals surface area contributed by atoms with Crippen LogP contribution >= 0.6 is 0 Å². The van der Waals surface area contributed by atoms with Crippen molar-refractivity contribution in [1.82, 2.24) is 4.90 Å². The van der Waals surface area contributed by atoms with Crippen molar-refractivity contribution >= 4 is 29.4 Å². The Labute approximate surface area is 170 Å². The summed E-state index contributed by atoms with van der Waals surface area (Å²) in [5, 5.41) is 2.76. The van der Waals surface area contributed by atoms with E-state index in [-0.39, 0.29) is 42.5 Å². The number of para-hydroxylation sites is 1. The van der Waals surface area contributed by atoms with Crippen LogP contribution in [0.15, 0.2) is 24.3 Å². The molecule has 0 spiro atoms. The highest BCUT2D eigenvalue weighted by molar-refractivity contribution is 6.05. The van der Waals surface area contributed by atoms with Gasteiger partial charge in [0.25, 0.3) is 5.91 Å². The van der Waals surface area contributed by atoms with Gasteiger partial charge in [-0.3, -0.25) is 24.1 Å². The lowest BCUT2D eigenvalue weighted by Gasteiger charge is -2.19. The summed E-state index contributed by atoms with van der Waals surface area (Å²) in [6.07, 6.45) is 3.31. The van der Waals surface area contributed by atoms with Gasteiger partial charge in [0.05, 0.1) is 18.3 Å². The lowest BCUT2D eigenvalue weighted by atomic mass is 9.81. The minimum Gasteiger partial charge on any atom is -0.456 e. The third-order valence-electron chi connectivity index (χ3n) is 5.69. The van der Waals surface area contributed by atoms with Crippen LogP contribution in [-0.4, -0.2) is 41.7 Å². The Balaban J connectivity index is 1.45. The second-order valence-corrected chi connectivity index (χ2v) is 8.03. The number of fused-ring (bicyclic) bond motifs is 1. The van der Waals surface area contributed by atoms with E-state index >= 15 is 0 Å². The second kappa shape index (κ2) is 9.20. The normalized spacial score (nSPS) is 21.3. The van der Waals surface area contributed by atoms with Gasteiger partial charge >= 0.3 is 5.97 Å². The van der Waals surface area contributed by atoms with Crippen molar-refractivity contribution in [3.05, 3.63) is 29.8 Å². The third-order valence-corrected chi connectivity index (χ3v) is 5.69. The SMILES string of the molecule is CC(C)c1ccccc1NC(=O)COC(=O)CCN1C(=O)[C@H]2CCCC[C@@H]2C1=O. The number of nitrogens with one attached hydrogen (secondary N) is 1. The molecule has 1 aromatic carbocycles. The van der Waals surface area contributed by atoms with Gasteiger partial charge in [0.1, 0.15) is 0 Å². The molecule has 7 heteroatoms. The molecule has 1 aliphatic carbocycles. The molecule has 1 aromatic rings. The molecule has 1 aliphatic heterocycles. The Morgan fingerprint density at radius 3 is 2.34 bits per heavy atom. The van der Waals surface area contributed by atoms with Crippen molar-refractivity contribution in [2.75, 3.05) is 18.5 Å². The van der Waals surface area contributed by atoms with Gasteiger partial charge in [-0.25, -0.2) is 0 Å². The van der Waals surface area contributed by atoms with E-state index in [1.807, 2.05) is 32.0 Å². The number of esters is 1. The summed E-state index contributed by atoms with van der Waals surface area (Å²) in [5.41, 5.74) is 1.69. The highest BCUT2D eigenvalue weighted by Crippen LogP contribution is 2.38. The molecule has 156 valence electrons. The van der Waals surface area contributed by atoms with E-state index in [1.165, 1.54) is 4.90 Å². The first kappa shape index (κ1) is 21.0. The van der Waals surface area contributed by atoms with Crippen LogP contribution in [0.4, 0.5) is 5.69 Å². The topological polar surface area (TPSA) is 92.8 Å². The van der Waals surface area contributed by atoms with Gasteiger partial charge in [-0.2, -0.15) is 0 Å². The number of hydrogen-bond acceptors (Lipinski definition) is 5. The number of amides is 3. The Bertz CT molecular complexity index is 780. The van der Waals surface area contributed by atoms with Crippen LogP contribution < -0.4 is 5.32 Å². The van der Waals surface area contributed by atoms with E-state index in [0.29, 0.717) is 5.69 Å². The molecule has 2 fully saturated rings. The van der Waals surface area contributed by atoms with Crippen molar-refractivity contribution in [2.45, 2.75) is 51.9 Å². The Morgan fingerprint density at radius 1 is 1.10 bits per heavy atom. The quantitative estimate of drug-likeness (QED) is 0.561. The maximum absolute atomic E-state index is 12.4. The van der Waals surface area contributed by atoms with E-state index < -0.39 is 18.5 Å². The number of benzene rings is 1. The molecule has 3 amide bonds. The molecule has 2 atom stereocenters. The van der Waals surface area contributed by atoms with E-state index in [1.54, 1.807) is 6.07 Å². The summed E-state index contributed by atoms with van der Waals surface area (Å²) in [6.45, 7) is 3.67. The second-order valence-electron chi connectivity index (χ2n) is 8.03. The molecule has 0 bridgehead atoms. The maximum Gasteiger partial charge on any atom is 0.308 e. The van der Waals surface area contributed by atoms with Crippen LogP contribution in [0.25, 0.3) is 0 Å². The Hall–Kier alpha value is -2.70. The van der Waals surface area contributed by atoms with Crippen LogP contribution in [0.5, 0.6) is 0 Å². The van der Waals surface area contributed by atoms with Crippen LogP contribution in [0.3, 0.4) is 0 Å². The summed E-state index contributed by atoms with van der Waals surface area (Å²) in [4.78, 5) is 50.1. The van der Waals surface area contributed by atoms with Gasteiger partial charge in [0.2, 0.25) is 11.8 Å². The van der Waals surface area contributed by atoms with E-state index in [0.717, 1.165) is 31.2 Å². The maximum atomic E-state index is 12.4. The van der Waals surface area contributed by atoms with Crippen molar-refractivity contribution in [3.8, 4) is 0 Å². The number of imide groups is 1. The standard InChI is InChI=1S/C22H28N2O5/c1-14(2)15-7-5-6-10-18(15)23-19(25)13-29-20(26)11-12-24-21(27)16-8-3-4-9-17(16)22(24)28/h5-7,10,14,16-17H,3-4,8-9,11-13H2,1-2H3,(H,23,25)/t16-,17-/m0/s1. The minimum absolute atomic E-state index is 0.0152. The lowest BCUT2D eigenvalue weighted by Crippen LogP contribution is -2.33. The highest BCUT2D eigenvalue weighted by atomic mass is 16.5. The zero-order valence-electron chi connectivity index (χ0n) is 17.0.